The molecule has 1 aliphatic carbocycles. The number of carbonyl (C=O) groups is 2. The molecule has 0 spiro atoms. The fraction of sp³-hybridized carbons (Fsp3) is 0.333. The molecule has 4 N–H and O–H groups in total. The predicted octanol–water partition coefficient (Wildman–Crippen LogP) is 3.88. The Bertz CT molecular complexity index is 728. The Kier molecular flexibility index (Phi) is 6.58. The normalized spacial score (nSPS) is 15.2. The van der Waals surface area contributed by atoms with Crippen LogP contribution in [-0.4, -0.2) is 18.4 Å². The summed E-state index contributed by atoms with van der Waals surface area (Å²) in [5.74, 6) is -0.174. The number of benzene rings is 1. The second-order valence-electron chi connectivity index (χ2n) is 6.16. The van der Waals surface area contributed by atoms with Gasteiger partial charge in [-0.1, -0.05) is 25.0 Å². The lowest BCUT2D eigenvalue weighted by molar-refractivity contribution is -0.124. The van der Waals surface area contributed by atoms with Crippen LogP contribution in [0.2, 0.25) is 0 Å². The molecular formula is C18H22ClN3O2S. The SMILES string of the molecule is Cl.NCC1(C(=O)Nc2cccc(NC(=O)c3cccs3)c2)CCCC1. The molecule has 2 amide bonds. The first kappa shape index (κ1) is 19.4. The van der Waals surface area contributed by atoms with E-state index in [2.05, 4.69) is 10.6 Å². The summed E-state index contributed by atoms with van der Waals surface area (Å²) in [4.78, 5) is 25.4. The quantitative estimate of drug-likeness (QED) is 0.737. The molecule has 0 atom stereocenters. The number of hydrogen-bond acceptors (Lipinski definition) is 4. The molecule has 1 aromatic carbocycles. The van der Waals surface area contributed by atoms with Gasteiger partial charge in [0, 0.05) is 17.9 Å². The number of nitrogens with two attached hydrogens (primary N) is 1. The molecule has 2 aromatic rings. The van der Waals surface area contributed by atoms with E-state index in [0.29, 0.717) is 22.8 Å². The number of hydrogen-bond donors (Lipinski definition) is 3. The van der Waals surface area contributed by atoms with Gasteiger partial charge in [-0.05, 0) is 42.5 Å². The second kappa shape index (κ2) is 8.47. The summed E-state index contributed by atoms with van der Waals surface area (Å²) >= 11 is 1.39. The molecule has 134 valence electrons. The van der Waals surface area contributed by atoms with E-state index in [9.17, 15) is 9.59 Å². The van der Waals surface area contributed by atoms with E-state index in [4.69, 9.17) is 5.73 Å². The van der Waals surface area contributed by atoms with Gasteiger partial charge in [-0.3, -0.25) is 9.59 Å². The zero-order chi connectivity index (χ0) is 17.0. The lowest BCUT2D eigenvalue weighted by atomic mass is 9.85. The monoisotopic (exact) mass is 379 g/mol. The van der Waals surface area contributed by atoms with Crippen LogP contribution in [0, 0.1) is 5.41 Å². The topological polar surface area (TPSA) is 84.2 Å². The summed E-state index contributed by atoms with van der Waals surface area (Å²) < 4.78 is 0. The Morgan fingerprint density at radius 2 is 1.76 bits per heavy atom. The van der Waals surface area contributed by atoms with Gasteiger partial charge in [0.15, 0.2) is 0 Å². The highest BCUT2D eigenvalue weighted by Crippen LogP contribution is 2.38. The van der Waals surface area contributed by atoms with Gasteiger partial charge < -0.3 is 16.4 Å². The maximum Gasteiger partial charge on any atom is 0.265 e. The van der Waals surface area contributed by atoms with E-state index >= 15 is 0 Å². The van der Waals surface area contributed by atoms with Gasteiger partial charge in [-0.15, -0.1) is 23.7 Å². The van der Waals surface area contributed by atoms with Gasteiger partial charge in [0.2, 0.25) is 5.91 Å². The van der Waals surface area contributed by atoms with E-state index in [1.807, 2.05) is 23.6 Å². The zero-order valence-electron chi connectivity index (χ0n) is 13.8. The average Bonchev–Trinajstić information content (AvgIpc) is 3.27. The van der Waals surface area contributed by atoms with Crippen molar-refractivity contribution in [2.75, 3.05) is 17.2 Å². The van der Waals surface area contributed by atoms with E-state index in [0.717, 1.165) is 25.7 Å². The third-order valence-corrected chi connectivity index (χ3v) is 5.42. The molecular weight excluding hydrogens is 358 g/mol. The molecule has 1 aromatic heterocycles. The first-order valence-corrected chi connectivity index (χ1v) is 8.97. The molecule has 5 nitrogen and oxygen atoms in total. The van der Waals surface area contributed by atoms with Crippen molar-refractivity contribution in [2.45, 2.75) is 25.7 Å². The van der Waals surface area contributed by atoms with E-state index < -0.39 is 5.41 Å². The van der Waals surface area contributed by atoms with Crippen LogP contribution in [0.3, 0.4) is 0 Å². The summed E-state index contributed by atoms with van der Waals surface area (Å²) in [7, 11) is 0. The molecule has 3 rings (SSSR count). The molecule has 0 saturated heterocycles. The summed E-state index contributed by atoms with van der Waals surface area (Å²) in [6.07, 6.45) is 3.76. The molecule has 1 saturated carbocycles. The first-order chi connectivity index (χ1) is 11.6. The molecule has 25 heavy (non-hydrogen) atoms. The number of carbonyl (C=O) groups excluding carboxylic acids is 2. The van der Waals surface area contributed by atoms with Gasteiger partial charge in [0.1, 0.15) is 0 Å². The molecule has 1 aliphatic rings. The van der Waals surface area contributed by atoms with Crippen LogP contribution < -0.4 is 16.4 Å². The van der Waals surface area contributed by atoms with Crippen molar-refractivity contribution in [1.82, 2.24) is 0 Å². The Balaban J connectivity index is 0.00000225. The van der Waals surface area contributed by atoms with E-state index in [1.165, 1.54) is 11.3 Å². The Morgan fingerprint density at radius 1 is 1.08 bits per heavy atom. The Hall–Kier alpha value is -1.89. The average molecular weight is 380 g/mol. The van der Waals surface area contributed by atoms with Crippen molar-refractivity contribution in [1.29, 1.82) is 0 Å². The highest BCUT2D eigenvalue weighted by Gasteiger charge is 2.39. The van der Waals surface area contributed by atoms with Crippen LogP contribution in [0.1, 0.15) is 35.4 Å². The zero-order valence-corrected chi connectivity index (χ0v) is 15.4. The van der Waals surface area contributed by atoms with Gasteiger partial charge in [0.05, 0.1) is 10.3 Å². The van der Waals surface area contributed by atoms with E-state index in [-0.39, 0.29) is 24.2 Å². The molecule has 0 bridgehead atoms. The van der Waals surface area contributed by atoms with Crippen LogP contribution in [-0.2, 0) is 4.79 Å². The van der Waals surface area contributed by atoms with Crippen LogP contribution >= 0.6 is 23.7 Å². The van der Waals surface area contributed by atoms with Crippen LogP contribution in [0.4, 0.5) is 11.4 Å². The van der Waals surface area contributed by atoms with E-state index in [1.54, 1.807) is 18.2 Å². The predicted molar refractivity (Wildman–Crippen MR) is 105 cm³/mol. The molecule has 0 unspecified atom stereocenters. The third-order valence-electron chi connectivity index (χ3n) is 4.56. The molecule has 0 aliphatic heterocycles. The van der Waals surface area contributed by atoms with Crippen molar-refractivity contribution in [3.05, 3.63) is 46.7 Å². The first-order valence-electron chi connectivity index (χ1n) is 8.09. The Morgan fingerprint density at radius 3 is 2.36 bits per heavy atom. The number of nitrogens with one attached hydrogen (secondary N) is 2. The van der Waals surface area contributed by atoms with Gasteiger partial charge in [-0.25, -0.2) is 0 Å². The van der Waals surface area contributed by atoms with Gasteiger partial charge in [-0.2, -0.15) is 0 Å². The third kappa shape index (κ3) is 4.39. The highest BCUT2D eigenvalue weighted by molar-refractivity contribution is 7.12. The summed E-state index contributed by atoms with van der Waals surface area (Å²) in [5, 5.41) is 7.66. The maximum absolute atomic E-state index is 12.6. The fourth-order valence-corrected chi connectivity index (χ4v) is 3.73. The largest absolute Gasteiger partial charge is 0.329 e. The summed E-state index contributed by atoms with van der Waals surface area (Å²) in [6, 6.07) is 10.8. The van der Waals surface area contributed by atoms with Crippen molar-refractivity contribution in [3.63, 3.8) is 0 Å². The number of amides is 2. The molecule has 1 fully saturated rings. The van der Waals surface area contributed by atoms with Crippen LogP contribution in [0.5, 0.6) is 0 Å². The Labute approximate surface area is 157 Å². The minimum atomic E-state index is -0.448. The van der Waals surface area contributed by atoms with Crippen LogP contribution in [0.15, 0.2) is 41.8 Å². The number of thiophene rings is 1. The van der Waals surface area contributed by atoms with Crippen molar-refractivity contribution < 1.29 is 9.59 Å². The van der Waals surface area contributed by atoms with Crippen LogP contribution in [0.25, 0.3) is 0 Å². The molecule has 0 radical (unpaired) electrons. The maximum atomic E-state index is 12.6. The minimum Gasteiger partial charge on any atom is -0.329 e. The minimum absolute atomic E-state index is 0. The standard InChI is InChI=1S/C18H21N3O2S.ClH/c19-12-18(8-1-2-9-18)17(23)21-14-6-3-5-13(11-14)20-16(22)15-7-4-10-24-15;/h3-7,10-11H,1-2,8-9,12,19H2,(H,20,22)(H,21,23);1H. The number of rotatable bonds is 5. The molecule has 7 heteroatoms. The summed E-state index contributed by atoms with van der Waals surface area (Å²) in [5.41, 5.74) is 6.73. The highest BCUT2D eigenvalue weighted by atomic mass is 35.5. The van der Waals surface area contributed by atoms with Crippen molar-refractivity contribution in [2.24, 2.45) is 11.1 Å². The second-order valence-corrected chi connectivity index (χ2v) is 7.11. The van der Waals surface area contributed by atoms with Gasteiger partial charge in [0.25, 0.3) is 5.91 Å². The lowest BCUT2D eigenvalue weighted by Gasteiger charge is -2.25. The lowest BCUT2D eigenvalue weighted by Crippen LogP contribution is -2.40. The van der Waals surface area contributed by atoms with Crippen molar-refractivity contribution >= 4 is 46.9 Å². The van der Waals surface area contributed by atoms with Crippen molar-refractivity contribution in [3.8, 4) is 0 Å². The number of halogens is 1. The van der Waals surface area contributed by atoms with Gasteiger partial charge >= 0.3 is 0 Å². The summed E-state index contributed by atoms with van der Waals surface area (Å²) in [6.45, 7) is 0.369. The smallest absolute Gasteiger partial charge is 0.265 e. The number of anilines is 2. The molecule has 1 heterocycles. The fourth-order valence-electron chi connectivity index (χ4n) is 3.11.